The lowest BCUT2D eigenvalue weighted by atomic mass is 10.0. The number of anilines is 1. The first-order valence-electron chi connectivity index (χ1n) is 8.76. The zero-order valence-corrected chi connectivity index (χ0v) is 16.8. The van der Waals surface area contributed by atoms with E-state index in [1.807, 2.05) is 0 Å². The molecule has 1 aromatic heterocycles. The Labute approximate surface area is 174 Å². The van der Waals surface area contributed by atoms with E-state index in [9.17, 15) is 22.8 Å². The molecular weight excluding hydrogens is 417 g/mol. The second kappa shape index (κ2) is 8.23. The first kappa shape index (κ1) is 21.4. The predicted molar refractivity (Wildman–Crippen MR) is 107 cm³/mol. The molecule has 2 aromatic carbocycles. The SMILES string of the molecule is CC(C)(NC(=O)c1ccccc1)C(=O)Nc1nnc(-c2ccc(C(F)(F)F)cc2)s1. The fraction of sp³-hybridized carbons (Fsp3) is 0.200. The number of rotatable bonds is 5. The summed E-state index contributed by atoms with van der Waals surface area (Å²) >= 11 is 1.01. The Hall–Kier alpha value is -3.27. The molecule has 0 saturated carbocycles. The van der Waals surface area contributed by atoms with Gasteiger partial charge in [0.1, 0.15) is 10.5 Å². The van der Waals surface area contributed by atoms with Gasteiger partial charge < -0.3 is 5.32 Å². The van der Waals surface area contributed by atoms with Crippen molar-refractivity contribution in [3.63, 3.8) is 0 Å². The molecule has 0 unspecified atom stereocenters. The van der Waals surface area contributed by atoms with Crippen LogP contribution in [0.3, 0.4) is 0 Å². The standard InChI is InChI=1S/C20H17F3N4O2S/c1-19(2,25-15(28)12-6-4-3-5-7-12)17(29)24-18-27-26-16(30-18)13-8-10-14(11-9-13)20(21,22)23/h3-11H,1-2H3,(H,25,28)(H,24,27,29). The van der Waals surface area contributed by atoms with Gasteiger partial charge in [-0.3, -0.25) is 14.9 Å². The van der Waals surface area contributed by atoms with E-state index in [0.29, 0.717) is 16.1 Å². The van der Waals surface area contributed by atoms with Gasteiger partial charge in [0.15, 0.2) is 0 Å². The molecule has 0 atom stereocenters. The van der Waals surface area contributed by atoms with Crippen LogP contribution in [0.5, 0.6) is 0 Å². The molecule has 0 fully saturated rings. The van der Waals surface area contributed by atoms with Crippen LogP contribution in [-0.2, 0) is 11.0 Å². The van der Waals surface area contributed by atoms with Gasteiger partial charge in [-0.2, -0.15) is 13.2 Å². The molecule has 2 amide bonds. The molecule has 1 heterocycles. The molecule has 0 bridgehead atoms. The van der Waals surface area contributed by atoms with Crippen LogP contribution < -0.4 is 10.6 Å². The minimum Gasteiger partial charge on any atom is -0.338 e. The highest BCUT2D eigenvalue weighted by atomic mass is 32.1. The minimum absolute atomic E-state index is 0.164. The van der Waals surface area contributed by atoms with Crippen LogP contribution in [0, 0.1) is 0 Å². The van der Waals surface area contributed by atoms with Crippen LogP contribution in [0.2, 0.25) is 0 Å². The maximum atomic E-state index is 12.7. The van der Waals surface area contributed by atoms with Gasteiger partial charge in [0, 0.05) is 11.1 Å². The highest BCUT2D eigenvalue weighted by Crippen LogP contribution is 2.32. The van der Waals surface area contributed by atoms with Crippen LogP contribution in [-0.4, -0.2) is 27.6 Å². The Bertz CT molecular complexity index is 1050. The van der Waals surface area contributed by atoms with Gasteiger partial charge in [-0.15, -0.1) is 10.2 Å². The van der Waals surface area contributed by atoms with Crippen molar-refractivity contribution >= 4 is 28.3 Å². The van der Waals surface area contributed by atoms with E-state index in [4.69, 9.17) is 0 Å². The third-order valence-corrected chi connectivity index (χ3v) is 5.02. The first-order chi connectivity index (χ1) is 14.1. The van der Waals surface area contributed by atoms with E-state index in [2.05, 4.69) is 20.8 Å². The summed E-state index contributed by atoms with van der Waals surface area (Å²) in [7, 11) is 0. The molecule has 10 heteroatoms. The summed E-state index contributed by atoms with van der Waals surface area (Å²) < 4.78 is 38.0. The fourth-order valence-electron chi connectivity index (χ4n) is 2.45. The van der Waals surface area contributed by atoms with E-state index in [1.165, 1.54) is 12.1 Å². The number of benzene rings is 2. The third-order valence-electron chi connectivity index (χ3n) is 4.13. The number of carbonyl (C=O) groups is 2. The Balaban J connectivity index is 1.67. The Morgan fingerprint density at radius 3 is 2.17 bits per heavy atom. The van der Waals surface area contributed by atoms with Crippen molar-refractivity contribution in [2.45, 2.75) is 25.6 Å². The normalized spacial score (nSPS) is 11.8. The molecule has 0 spiro atoms. The number of carbonyl (C=O) groups excluding carboxylic acids is 2. The number of hydrogen-bond donors (Lipinski definition) is 2. The summed E-state index contributed by atoms with van der Waals surface area (Å²) in [5.74, 6) is -0.916. The molecule has 3 aromatic rings. The highest BCUT2D eigenvalue weighted by Gasteiger charge is 2.31. The molecule has 0 aliphatic heterocycles. The van der Waals surface area contributed by atoms with Crippen molar-refractivity contribution in [2.24, 2.45) is 0 Å². The van der Waals surface area contributed by atoms with Gasteiger partial charge in [0.2, 0.25) is 5.13 Å². The second-order valence-electron chi connectivity index (χ2n) is 6.89. The molecular formula is C20H17F3N4O2S. The van der Waals surface area contributed by atoms with Crippen LogP contribution in [0.1, 0.15) is 29.8 Å². The van der Waals surface area contributed by atoms with Crippen molar-refractivity contribution in [1.82, 2.24) is 15.5 Å². The van der Waals surface area contributed by atoms with Crippen LogP contribution >= 0.6 is 11.3 Å². The summed E-state index contributed by atoms with van der Waals surface area (Å²) in [6.07, 6.45) is -4.42. The zero-order chi connectivity index (χ0) is 21.9. The molecule has 0 saturated heterocycles. The number of halogens is 3. The number of amides is 2. The molecule has 0 radical (unpaired) electrons. The lowest BCUT2D eigenvalue weighted by Crippen LogP contribution is -2.52. The maximum absolute atomic E-state index is 12.7. The molecule has 0 aliphatic carbocycles. The summed E-state index contributed by atoms with van der Waals surface area (Å²) in [6.45, 7) is 3.09. The van der Waals surface area contributed by atoms with E-state index in [-0.39, 0.29) is 5.13 Å². The van der Waals surface area contributed by atoms with Gasteiger partial charge >= 0.3 is 6.18 Å². The monoisotopic (exact) mass is 434 g/mol. The van der Waals surface area contributed by atoms with Gasteiger partial charge in [-0.1, -0.05) is 41.7 Å². The maximum Gasteiger partial charge on any atom is 0.416 e. The van der Waals surface area contributed by atoms with Crippen LogP contribution in [0.25, 0.3) is 10.6 Å². The second-order valence-corrected chi connectivity index (χ2v) is 7.86. The van der Waals surface area contributed by atoms with E-state index >= 15 is 0 Å². The summed E-state index contributed by atoms with van der Waals surface area (Å²) in [5.41, 5.74) is -1.15. The quantitative estimate of drug-likeness (QED) is 0.625. The summed E-state index contributed by atoms with van der Waals surface area (Å²) in [4.78, 5) is 24.9. The van der Waals surface area contributed by atoms with E-state index in [0.717, 1.165) is 23.5 Å². The molecule has 0 aliphatic rings. The lowest BCUT2D eigenvalue weighted by Gasteiger charge is -2.24. The van der Waals surface area contributed by atoms with Crippen molar-refractivity contribution in [1.29, 1.82) is 0 Å². The number of nitrogens with one attached hydrogen (secondary N) is 2. The Morgan fingerprint density at radius 2 is 1.57 bits per heavy atom. The highest BCUT2D eigenvalue weighted by molar-refractivity contribution is 7.18. The van der Waals surface area contributed by atoms with Gasteiger partial charge in [-0.25, -0.2) is 0 Å². The van der Waals surface area contributed by atoms with Gasteiger partial charge in [-0.05, 0) is 38.1 Å². The van der Waals surface area contributed by atoms with Crippen LogP contribution in [0.15, 0.2) is 54.6 Å². The van der Waals surface area contributed by atoms with Gasteiger partial charge in [0.25, 0.3) is 11.8 Å². The molecule has 30 heavy (non-hydrogen) atoms. The van der Waals surface area contributed by atoms with E-state index < -0.39 is 29.1 Å². The molecule has 156 valence electrons. The topological polar surface area (TPSA) is 84.0 Å². The van der Waals surface area contributed by atoms with Gasteiger partial charge in [0.05, 0.1) is 5.56 Å². The minimum atomic E-state index is -4.42. The summed E-state index contributed by atoms with van der Waals surface area (Å²) in [5, 5.41) is 13.5. The Morgan fingerprint density at radius 1 is 0.933 bits per heavy atom. The molecule has 6 nitrogen and oxygen atoms in total. The largest absolute Gasteiger partial charge is 0.416 e. The van der Waals surface area contributed by atoms with Crippen molar-refractivity contribution in [2.75, 3.05) is 5.32 Å². The third kappa shape index (κ3) is 5.01. The van der Waals surface area contributed by atoms with Crippen molar-refractivity contribution in [3.05, 3.63) is 65.7 Å². The average molecular weight is 434 g/mol. The average Bonchev–Trinajstić information content (AvgIpc) is 3.16. The number of alkyl halides is 3. The number of hydrogen-bond acceptors (Lipinski definition) is 5. The molecule has 3 rings (SSSR count). The van der Waals surface area contributed by atoms with Crippen molar-refractivity contribution in [3.8, 4) is 10.6 Å². The van der Waals surface area contributed by atoms with E-state index in [1.54, 1.807) is 44.2 Å². The van der Waals surface area contributed by atoms with Crippen LogP contribution in [0.4, 0.5) is 18.3 Å². The smallest absolute Gasteiger partial charge is 0.338 e. The predicted octanol–water partition coefficient (Wildman–Crippen LogP) is 4.37. The number of nitrogens with zero attached hydrogens (tertiary/aromatic N) is 2. The number of aromatic nitrogens is 2. The fourth-order valence-corrected chi connectivity index (χ4v) is 3.19. The first-order valence-corrected chi connectivity index (χ1v) is 9.58. The zero-order valence-electron chi connectivity index (χ0n) is 15.9. The molecule has 2 N–H and O–H groups in total. The Kier molecular flexibility index (Phi) is 5.88. The lowest BCUT2D eigenvalue weighted by molar-refractivity contribution is -0.137. The van der Waals surface area contributed by atoms with Crippen molar-refractivity contribution < 1.29 is 22.8 Å². The summed E-state index contributed by atoms with van der Waals surface area (Å²) in [6, 6.07) is 13.0.